The van der Waals surface area contributed by atoms with Crippen molar-refractivity contribution in [2.75, 3.05) is 18.1 Å². The second-order valence-electron chi connectivity index (χ2n) is 7.72. The molecule has 1 aliphatic heterocycles. The smallest absolute Gasteiger partial charge is 0.422 e. The van der Waals surface area contributed by atoms with Gasteiger partial charge in [0.15, 0.2) is 0 Å². The summed E-state index contributed by atoms with van der Waals surface area (Å²) in [6.07, 6.45) is 0.858. The monoisotopic (exact) mass is 482 g/mol. The second-order valence-corrected chi connectivity index (χ2v) is 8.88. The Kier molecular flexibility index (Phi) is 7.21. The average molecular weight is 483 g/mol. The summed E-state index contributed by atoms with van der Waals surface area (Å²) in [6, 6.07) is 9.97. The van der Waals surface area contributed by atoms with Gasteiger partial charge in [0, 0.05) is 21.2 Å². The molecule has 1 heterocycles. The molecule has 1 aliphatic rings. The molecule has 2 aromatic rings. The number of fused-ring (bicyclic) bond motifs is 1. The van der Waals surface area contributed by atoms with Crippen LogP contribution in [0.5, 0.6) is 5.75 Å². The fraction of sp³-hybridized carbons (Fsp3) is 0.273. The van der Waals surface area contributed by atoms with Gasteiger partial charge in [0.25, 0.3) is 5.91 Å². The van der Waals surface area contributed by atoms with Gasteiger partial charge in [0.1, 0.15) is 37.5 Å². The van der Waals surface area contributed by atoms with Crippen LogP contribution in [0.3, 0.4) is 0 Å². The van der Waals surface area contributed by atoms with Crippen molar-refractivity contribution in [1.82, 2.24) is 0 Å². The van der Waals surface area contributed by atoms with Crippen LogP contribution in [0.2, 0.25) is 10.0 Å². The van der Waals surface area contributed by atoms with Crippen LogP contribution in [0.15, 0.2) is 36.4 Å². The minimum Gasteiger partial charge on any atom is -0.490 e. The number of nitrogens with zero attached hydrogens (tertiary/aromatic N) is 1. The Morgan fingerprint density at radius 2 is 1.77 bits per heavy atom. The third-order valence-electron chi connectivity index (χ3n) is 4.22. The van der Waals surface area contributed by atoms with Crippen LogP contribution in [0.25, 0.3) is 11.6 Å². The topological polar surface area (TPSA) is 65.1 Å². The van der Waals surface area contributed by atoms with Crippen LogP contribution >= 0.6 is 23.2 Å². The molecule has 2 amide bonds. The molecular formula is C22H22Cl2NO5S+. The summed E-state index contributed by atoms with van der Waals surface area (Å²) in [6.45, 7) is 5.79. The molecule has 0 aromatic heterocycles. The summed E-state index contributed by atoms with van der Waals surface area (Å²) in [7, 11) is 0. The van der Waals surface area contributed by atoms with E-state index in [1.807, 2.05) is 0 Å². The molecular weight excluding hydrogens is 461 g/mol. The Morgan fingerprint density at radius 3 is 2.45 bits per heavy atom. The van der Waals surface area contributed by atoms with E-state index in [0.717, 1.165) is 4.90 Å². The summed E-state index contributed by atoms with van der Waals surface area (Å²) in [5.41, 5.74) is 1.01. The molecule has 0 saturated heterocycles. The maximum atomic E-state index is 13.3. The van der Waals surface area contributed by atoms with Gasteiger partial charge in [0.05, 0.1) is 11.3 Å². The van der Waals surface area contributed by atoms with Gasteiger partial charge in [-0.2, -0.15) is 4.18 Å². The Bertz CT molecular complexity index is 1050. The highest BCUT2D eigenvalue weighted by Crippen LogP contribution is 2.41. The van der Waals surface area contributed by atoms with Gasteiger partial charge in [-0.15, -0.1) is 0 Å². The summed E-state index contributed by atoms with van der Waals surface area (Å²) in [5, 5.41) is 0.865. The molecule has 0 radical (unpaired) electrons. The number of hydrogen-bond donors (Lipinski definition) is 0. The summed E-state index contributed by atoms with van der Waals surface area (Å²) >= 11 is 15.2. The molecule has 0 unspecified atom stereocenters. The van der Waals surface area contributed by atoms with E-state index in [0.29, 0.717) is 44.8 Å². The number of anilines is 1. The lowest BCUT2D eigenvalue weighted by atomic mass is 10.0. The zero-order valence-electron chi connectivity index (χ0n) is 17.2. The minimum absolute atomic E-state index is 0.283. The minimum atomic E-state index is -0.777. The summed E-state index contributed by atoms with van der Waals surface area (Å²) < 4.78 is 16.0. The molecule has 6 nitrogen and oxygen atoms in total. The molecule has 0 spiro atoms. The van der Waals surface area contributed by atoms with E-state index in [2.05, 4.69) is 12.9 Å². The zero-order valence-corrected chi connectivity index (χ0v) is 19.7. The number of benzene rings is 2. The number of ether oxygens (including phenoxy) is 2. The quantitative estimate of drug-likeness (QED) is 0.335. The normalized spacial score (nSPS) is 14.7. The second kappa shape index (κ2) is 9.53. The number of carbonyl (C=O) groups excluding carboxylic acids is 2. The average Bonchev–Trinajstić information content (AvgIpc) is 2.93. The van der Waals surface area contributed by atoms with Crippen molar-refractivity contribution in [3.8, 4) is 5.75 Å². The van der Waals surface area contributed by atoms with E-state index >= 15 is 0 Å². The SMILES string of the molecule is CC(C)(C)OC(=O)N1C(=O)/C(=C/c2cc(Cl)ccc2OCCO[SH2+])c2ccc(Cl)cc21. The van der Waals surface area contributed by atoms with Gasteiger partial charge < -0.3 is 9.47 Å². The largest absolute Gasteiger partial charge is 0.490 e. The van der Waals surface area contributed by atoms with Crippen LogP contribution in [-0.4, -0.2) is 30.8 Å². The molecule has 164 valence electrons. The molecule has 2 aromatic carbocycles. The van der Waals surface area contributed by atoms with Gasteiger partial charge in [-0.1, -0.05) is 29.3 Å². The van der Waals surface area contributed by atoms with E-state index in [1.54, 1.807) is 63.2 Å². The molecule has 3 rings (SSSR count). The van der Waals surface area contributed by atoms with Crippen molar-refractivity contribution in [2.24, 2.45) is 0 Å². The van der Waals surface area contributed by atoms with Crippen molar-refractivity contribution in [3.05, 3.63) is 57.6 Å². The fourth-order valence-corrected chi connectivity index (χ4v) is 3.43. The highest BCUT2D eigenvalue weighted by molar-refractivity contribution is 7.53. The van der Waals surface area contributed by atoms with Gasteiger partial charge in [-0.05, 0) is 57.2 Å². The first-order valence-corrected chi connectivity index (χ1v) is 10.6. The first kappa shape index (κ1) is 23.5. The Morgan fingerprint density at radius 1 is 1.10 bits per heavy atom. The lowest BCUT2D eigenvalue weighted by molar-refractivity contribution is -0.112. The standard InChI is InChI=1S/C22H21Cl2NO5S/c1-22(2,3)30-21(27)25-18-12-15(24)4-6-16(18)17(20(25)26)11-13-10-14(23)5-7-19(13)28-8-9-29-31/h4-7,10-12,31H,8-9H2,1-3H3/p+1/b17-11+. The van der Waals surface area contributed by atoms with Gasteiger partial charge in [-0.25, -0.2) is 9.69 Å². The van der Waals surface area contributed by atoms with Crippen LogP contribution in [0.4, 0.5) is 10.5 Å². The summed E-state index contributed by atoms with van der Waals surface area (Å²) in [4.78, 5) is 27.1. The van der Waals surface area contributed by atoms with Crippen molar-refractivity contribution in [3.63, 3.8) is 0 Å². The Labute approximate surface area is 196 Å². The molecule has 31 heavy (non-hydrogen) atoms. The Balaban J connectivity index is 2.07. The molecule has 0 bridgehead atoms. The van der Waals surface area contributed by atoms with E-state index in [1.165, 1.54) is 0 Å². The first-order valence-electron chi connectivity index (χ1n) is 9.40. The third-order valence-corrected chi connectivity index (χ3v) is 4.89. The van der Waals surface area contributed by atoms with E-state index in [4.69, 9.17) is 36.9 Å². The number of carbonyl (C=O) groups is 2. The lowest BCUT2D eigenvalue weighted by Crippen LogP contribution is -2.38. The fourth-order valence-electron chi connectivity index (χ4n) is 3.00. The molecule has 0 atom stereocenters. The van der Waals surface area contributed by atoms with Crippen molar-refractivity contribution >= 4 is 65.4 Å². The van der Waals surface area contributed by atoms with Crippen molar-refractivity contribution < 1.29 is 23.2 Å². The summed E-state index contributed by atoms with van der Waals surface area (Å²) in [5.74, 6) is -0.0134. The third kappa shape index (κ3) is 5.54. The molecule has 0 saturated carbocycles. The lowest BCUT2D eigenvalue weighted by Gasteiger charge is -2.23. The molecule has 9 heteroatoms. The molecule has 0 fully saturated rings. The predicted octanol–water partition coefficient (Wildman–Crippen LogP) is 5.14. The van der Waals surface area contributed by atoms with Crippen molar-refractivity contribution in [1.29, 1.82) is 0 Å². The highest BCUT2D eigenvalue weighted by Gasteiger charge is 2.39. The molecule has 0 N–H and O–H groups in total. The van der Waals surface area contributed by atoms with Crippen LogP contribution in [0.1, 0.15) is 31.9 Å². The number of rotatable bonds is 5. The van der Waals surface area contributed by atoms with Gasteiger partial charge >= 0.3 is 6.09 Å². The zero-order chi connectivity index (χ0) is 22.8. The predicted molar refractivity (Wildman–Crippen MR) is 126 cm³/mol. The van der Waals surface area contributed by atoms with E-state index in [9.17, 15) is 9.59 Å². The first-order chi connectivity index (χ1) is 14.6. The molecule has 0 aliphatic carbocycles. The maximum absolute atomic E-state index is 13.3. The number of halogens is 2. The van der Waals surface area contributed by atoms with Crippen LogP contribution in [0, 0.1) is 0 Å². The van der Waals surface area contributed by atoms with Gasteiger partial charge in [0.2, 0.25) is 0 Å². The van der Waals surface area contributed by atoms with Crippen molar-refractivity contribution in [2.45, 2.75) is 26.4 Å². The van der Waals surface area contributed by atoms with Crippen LogP contribution in [-0.2, 0) is 26.6 Å². The maximum Gasteiger partial charge on any atom is 0.422 e. The Hall–Kier alpha value is -2.19. The number of hydrogen-bond acceptors (Lipinski definition) is 5. The van der Waals surface area contributed by atoms with Crippen LogP contribution < -0.4 is 9.64 Å². The van der Waals surface area contributed by atoms with Gasteiger partial charge in [-0.3, -0.25) is 4.79 Å². The van der Waals surface area contributed by atoms with E-state index < -0.39 is 17.6 Å². The highest BCUT2D eigenvalue weighted by atomic mass is 35.5. The number of imide groups is 1. The van der Waals surface area contributed by atoms with E-state index in [-0.39, 0.29) is 6.61 Å². The number of amides is 2.